The quantitative estimate of drug-likeness (QED) is 0.634. The predicted octanol–water partition coefficient (Wildman–Crippen LogP) is 4.79. The summed E-state index contributed by atoms with van der Waals surface area (Å²) >= 11 is 12.2. The minimum atomic E-state index is -0.686. The summed E-state index contributed by atoms with van der Waals surface area (Å²) in [5.41, 5.74) is 3.97. The third-order valence-corrected chi connectivity index (χ3v) is 6.07. The fraction of sp³-hybridized carbons (Fsp3) is 0.261. The van der Waals surface area contributed by atoms with Gasteiger partial charge in [0.05, 0.1) is 10.0 Å². The van der Waals surface area contributed by atoms with E-state index in [0.717, 1.165) is 49.5 Å². The smallest absolute Gasteiger partial charge is 0.108 e. The highest BCUT2D eigenvalue weighted by Crippen LogP contribution is 2.31. The van der Waals surface area contributed by atoms with Crippen LogP contribution in [0.2, 0.25) is 10.0 Å². The van der Waals surface area contributed by atoms with E-state index in [1.807, 2.05) is 48.5 Å². The van der Waals surface area contributed by atoms with Gasteiger partial charge in [-0.3, -0.25) is 9.88 Å². The second kappa shape index (κ2) is 9.14. The van der Waals surface area contributed by atoms with E-state index in [1.54, 1.807) is 12.4 Å². The molecule has 1 aliphatic rings. The second-order valence-electron chi connectivity index (χ2n) is 7.26. The molecule has 3 aromatic rings. The van der Waals surface area contributed by atoms with Gasteiger partial charge in [0.25, 0.3) is 0 Å². The molecule has 4 rings (SSSR count). The van der Waals surface area contributed by atoms with Gasteiger partial charge in [0.2, 0.25) is 0 Å². The van der Waals surface area contributed by atoms with E-state index in [1.165, 1.54) is 5.56 Å². The molecule has 4 nitrogen and oxygen atoms in total. The summed E-state index contributed by atoms with van der Waals surface area (Å²) in [5, 5.41) is 12.1. The molecule has 1 saturated heterocycles. The molecule has 2 aromatic carbocycles. The number of aliphatic hydroxyl groups excluding tert-OH is 1. The average Bonchev–Trinajstić information content (AvgIpc) is 2.77. The zero-order chi connectivity index (χ0) is 20.2. The Hall–Kier alpha value is -2.11. The Morgan fingerprint density at radius 2 is 1.72 bits per heavy atom. The molecule has 0 amide bonds. The first-order valence-corrected chi connectivity index (χ1v) is 10.5. The van der Waals surface area contributed by atoms with Crippen LogP contribution in [0.3, 0.4) is 0 Å². The van der Waals surface area contributed by atoms with E-state index >= 15 is 0 Å². The number of rotatable bonds is 5. The van der Waals surface area contributed by atoms with E-state index < -0.39 is 6.10 Å². The van der Waals surface area contributed by atoms with Gasteiger partial charge in [0.1, 0.15) is 6.10 Å². The molecule has 1 unspecified atom stereocenters. The lowest BCUT2D eigenvalue weighted by Gasteiger charge is -2.37. The van der Waals surface area contributed by atoms with E-state index in [0.29, 0.717) is 10.0 Å². The van der Waals surface area contributed by atoms with Crippen LogP contribution in [0.25, 0.3) is 0 Å². The van der Waals surface area contributed by atoms with Crippen molar-refractivity contribution in [1.29, 1.82) is 0 Å². The fourth-order valence-corrected chi connectivity index (χ4v) is 4.09. The highest BCUT2D eigenvalue weighted by molar-refractivity contribution is 6.42. The number of benzene rings is 2. The van der Waals surface area contributed by atoms with E-state index in [4.69, 9.17) is 23.2 Å². The zero-order valence-corrected chi connectivity index (χ0v) is 17.5. The minimum Gasteiger partial charge on any atom is -0.384 e. The number of piperazine rings is 1. The molecule has 1 aliphatic heterocycles. The lowest BCUT2D eigenvalue weighted by molar-refractivity contribution is 0.218. The molecule has 1 atom stereocenters. The largest absolute Gasteiger partial charge is 0.384 e. The Kier molecular flexibility index (Phi) is 6.36. The van der Waals surface area contributed by atoms with Crippen molar-refractivity contribution in [3.05, 3.63) is 93.7 Å². The Bertz CT molecular complexity index is 959. The van der Waals surface area contributed by atoms with E-state index in [9.17, 15) is 5.11 Å². The summed E-state index contributed by atoms with van der Waals surface area (Å²) in [7, 11) is 0. The number of nitrogens with zero attached hydrogens (tertiary/aromatic N) is 3. The van der Waals surface area contributed by atoms with Crippen LogP contribution in [0.15, 0.2) is 67.0 Å². The molecule has 1 N–H and O–H groups in total. The van der Waals surface area contributed by atoms with Gasteiger partial charge in [0, 0.05) is 61.9 Å². The van der Waals surface area contributed by atoms with Gasteiger partial charge in [-0.05, 0) is 29.8 Å². The van der Waals surface area contributed by atoms with Gasteiger partial charge in [0.15, 0.2) is 0 Å². The van der Waals surface area contributed by atoms with Gasteiger partial charge in [-0.2, -0.15) is 0 Å². The van der Waals surface area contributed by atoms with Crippen LogP contribution in [-0.4, -0.2) is 41.2 Å². The Morgan fingerprint density at radius 3 is 2.45 bits per heavy atom. The molecule has 2 heterocycles. The van der Waals surface area contributed by atoms with Crippen LogP contribution < -0.4 is 4.90 Å². The summed E-state index contributed by atoms with van der Waals surface area (Å²) in [5.74, 6) is 0. The number of aliphatic hydroxyl groups is 1. The number of anilines is 1. The summed E-state index contributed by atoms with van der Waals surface area (Å²) in [6, 6.07) is 17.7. The molecule has 0 spiro atoms. The van der Waals surface area contributed by atoms with E-state index in [-0.39, 0.29) is 0 Å². The van der Waals surface area contributed by atoms with Crippen molar-refractivity contribution < 1.29 is 5.11 Å². The van der Waals surface area contributed by atoms with Gasteiger partial charge in [-0.15, -0.1) is 0 Å². The number of halogens is 2. The maximum atomic E-state index is 10.9. The van der Waals surface area contributed by atoms with Crippen molar-refractivity contribution in [2.45, 2.75) is 12.6 Å². The number of pyridine rings is 1. The Balaban J connectivity index is 1.44. The van der Waals surface area contributed by atoms with Crippen molar-refractivity contribution in [2.75, 3.05) is 31.1 Å². The first kappa shape index (κ1) is 20.2. The van der Waals surface area contributed by atoms with Crippen LogP contribution >= 0.6 is 23.2 Å². The van der Waals surface area contributed by atoms with Gasteiger partial charge in [-0.25, -0.2) is 0 Å². The summed E-state index contributed by atoms with van der Waals surface area (Å²) < 4.78 is 0. The normalized spacial score (nSPS) is 16.0. The summed E-state index contributed by atoms with van der Waals surface area (Å²) in [6.45, 7) is 4.54. The predicted molar refractivity (Wildman–Crippen MR) is 119 cm³/mol. The molecular weight excluding hydrogens is 405 g/mol. The Labute approximate surface area is 181 Å². The van der Waals surface area contributed by atoms with Crippen molar-refractivity contribution in [3.63, 3.8) is 0 Å². The van der Waals surface area contributed by atoms with Crippen LogP contribution in [0, 0.1) is 0 Å². The molecule has 6 heteroatoms. The molecule has 1 fully saturated rings. The number of aromatic nitrogens is 1. The highest BCUT2D eigenvalue weighted by atomic mass is 35.5. The molecule has 1 aromatic heterocycles. The first-order valence-electron chi connectivity index (χ1n) is 9.70. The highest BCUT2D eigenvalue weighted by Gasteiger charge is 2.22. The van der Waals surface area contributed by atoms with Crippen molar-refractivity contribution in [1.82, 2.24) is 9.88 Å². The van der Waals surface area contributed by atoms with E-state index in [2.05, 4.69) is 20.9 Å². The first-order chi connectivity index (χ1) is 14.1. The lowest BCUT2D eigenvalue weighted by Crippen LogP contribution is -2.46. The molecule has 0 bridgehead atoms. The average molecular weight is 428 g/mol. The molecule has 150 valence electrons. The molecule has 0 radical (unpaired) electrons. The third-order valence-electron chi connectivity index (χ3n) is 5.33. The maximum absolute atomic E-state index is 10.9. The van der Waals surface area contributed by atoms with Crippen LogP contribution in [0.5, 0.6) is 0 Å². The van der Waals surface area contributed by atoms with Crippen molar-refractivity contribution in [3.8, 4) is 0 Å². The fourth-order valence-electron chi connectivity index (χ4n) is 3.77. The van der Waals surface area contributed by atoms with Gasteiger partial charge < -0.3 is 10.0 Å². The Morgan fingerprint density at radius 1 is 0.931 bits per heavy atom. The minimum absolute atomic E-state index is 0.587. The van der Waals surface area contributed by atoms with Gasteiger partial charge >= 0.3 is 0 Å². The number of para-hydroxylation sites is 1. The zero-order valence-electron chi connectivity index (χ0n) is 16.0. The number of hydrogen-bond donors (Lipinski definition) is 1. The van der Waals surface area contributed by atoms with Crippen LogP contribution in [0.1, 0.15) is 22.8 Å². The number of hydrogen-bond acceptors (Lipinski definition) is 4. The standard InChI is InChI=1S/C23H23Cl2N3O/c24-20-8-7-17(14-21(20)25)16-27-10-12-28(13-11-27)22-6-2-1-5-19(22)23(29)18-4-3-9-26-15-18/h1-9,14-15,23,29H,10-13,16H2. The molecule has 0 aliphatic carbocycles. The maximum Gasteiger partial charge on any atom is 0.108 e. The van der Waals surface area contributed by atoms with Gasteiger partial charge in [-0.1, -0.05) is 53.5 Å². The summed E-state index contributed by atoms with van der Waals surface area (Å²) in [4.78, 5) is 8.90. The third kappa shape index (κ3) is 4.73. The topological polar surface area (TPSA) is 39.6 Å². The molecule has 0 saturated carbocycles. The molecular formula is C23H23Cl2N3O. The van der Waals surface area contributed by atoms with Crippen LogP contribution in [0.4, 0.5) is 5.69 Å². The van der Waals surface area contributed by atoms with Crippen LogP contribution in [-0.2, 0) is 6.54 Å². The SMILES string of the molecule is OC(c1cccnc1)c1ccccc1N1CCN(Cc2ccc(Cl)c(Cl)c2)CC1. The van der Waals surface area contributed by atoms with Crippen molar-refractivity contribution in [2.24, 2.45) is 0 Å². The molecule has 29 heavy (non-hydrogen) atoms. The van der Waals surface area contributed by atoms with Crippen molar-refractivity contribution >= 4 is 28.9 Å². The lowest BCUT2D eigenvalue weighted by atomic mass is 10.00. The second-order valence-corrected chi connectivity index (χ2v) is 8.07. The summed E-state index contributed by atoms with van der Waals surface area (Å²) in [6.07, 6.45) is 2.75. The monoisotopic (exact) mass is 427 g/mol.